The van der Waals surface area contributed by atoms with Gasteiger partial charge in [0.1, 0.15) is 0 Å². The van der Waals surface area contributed by atoms with E-state index in [1.165, 1.54) is 11.1 Å². The van der Waals surface area contributed by atoms with Crippen molar-refractivity contribution in [3.8, 4) is 0 Å². The van der Waals surface area contributed by atoms with Gasteiger partial charge in [-0.25, -0.2) is 0 Å². The zero-order valence-corrected chi connectivity index (χ0v) is 12.0. The second kappa shape index (κ2) is 8.50. The van der Waals surface area contributed by atoms with E-state index in [2.05, 4.69) is 17.6 Å². The van der Waals surface area contributed by atoms with Gasteiger partial charge >= 0.3 is 0 Å². The van der Waals surface area contributed by atoms with Crippen molar-refractivity contribution in [3.05, 3.63) is 29.3 Å². The molecule has 0 aromatic heterocycles. The van der Waals surface area contributed by atoms with Crippen molar-refractivity contribution in [1.82, 2.24) is 5.32 Å². The number of halogens is 1. The van der Waals surface area contributed by atoms with Gasteiger partial charge in [-0.15, -0.1) is 12.4 Å². The zero-order chi connectivity index (χ0) is 13.5. The molecule has 0 aliphatic rings. The molecule has 0 fully saturated rings. The van der Waals surface area contributed by atoms with Crippen LogP contribution < -0.4 is 16.4 Å². The Balaban J connectivity index is 0.00000324. The normalized spacial score (nSPS) is 9.42. The molecule has 0 saturated carbocycles. The van der Waals surface area contributed by atoms with Crippen LogP contribution in [0.1, 0.15) is 18.1 Å². The van der Waals surface area contributed by atoms with Gasteiger partial charge in [0.05, 0.1) is 13.1 Å². The minimum Gasteiger partial charge on any atom is -0.346 e. The van der Waals surface area contributed by atoms with E-state index in [4.69, 9.17) is 5.73 Å². The number of nitrogens with one attached hydrogen (secondary N) is 2. The summed E-state index contributed by atoms with van der Waals surface area (Å²) in [5.41, 5.74) is 8.26. The maximum atomic E-state index is 11.6. The molecule has 0 atom stereocenters. The first-order valence-electron chi connectivity index (χ1n) is 5.93. The van der Waals surface area contributed by atoms with Gasteiger partial charge in [-0.2, -0.15) is 0 Å². The number of carbonyl (C=O) groups excluding carboxylic acids is 2. The average Bonchev–Trinajstić information content (AvgIpc) is 2.38. The van der Waals surface area contributed by atoms with Crippen molar-refractivity contribution < 1.29 is 9.59 Å². The smallest absolute Gasteiger partial charge is 0.243 e. The molecule has 0 aliphatic heterocycles. The summed E-state index contributed by atoms with van der Waals surface area (Å²) in [6.07, 6.45) is 0.916. The van der Waals surface area contributed by atoms with Crippen LogP contribution >= 0.6 is 12.4 Å². The van der Waals surface area contributed by atoms with Crippen molar-refractivity contribution >= 4 is 29.9 Å². The Hall–Kier alpha value is -1.59. The van der Waals surface area contributed by atoms with Gasteiger partial charge < -0.3 is 16.4 Å². The number of aryl methyl sites for hydroxylation is 2. The van der Waals surface area contributed by atoms with Crippen LogP contribution in [0.2, 0.25) is 0 Å². The average molecular weight is 286 g/mol. The number of anilines is 1. The molecule has 6 heteroatoms. The van der Waals surface area contributed by atoms with E-state index >= 15 is 0 Å². The summed E-state index contributed by atoms with van der Waals surface area (Å²) in [6, 6.07) is 5.75. The fraction of sp³-hybridized carbons (Fsp3) is 0.385. The molecular weight excluding hydrogens is 266 g/mol. The first kappa shape index (κ1) is 17.4. The van der Waals surface area contributed by atoms with E-state index in [1.54, 1.807) is 0 Å². The van der Waals surface area contributed by atoms with E-state index in [0.717, 1.165) is 12.1 Å². The van der Waals surface area contributed by atoms with Crippen molar-refractivity contribution in [2.24, 2.45) is 5.73 Å². The van der Waals surface area contributed by atoms with Gasteiger partial charge in [-0.3, -0.25) is 9.59 Å². The van der Waals surface area contributed by atoms with Crippen molar-refractivity contribution in [3.63, 3.8) is 0 Å². The Morgan fingerprint density at radius 2 is 1.95 bits per heavy atom. The Morgan fingerprint density at radius 3 is 2.53 bits per heavy atom. The van der Waals surface area contributed by atoms with Crippen LogP contribution in [-0.4, -0.2) is 24.9 Å². The summed E-state index contributed by atoms with van der Waals surface area (Å²) in [5.74, 6) is -0.606. The third-order valence-electron chi connectivity index (χ3n) is 2.65. The van der Waals surface area contributed by atoms with E-state index in [1.807, 2.05) is 25.1 Å². The van der Waals surface area contributed by atoms with Crippen LogP contribution in [0.25, 0.3) is 0 Å². The molecule has 1 rings (SSSR count). The topological polar surface area (TPSA) is 84.2 Å². The number of carbonyl (C=O) groups is 2. The molecule has 0 bridgehead atoms. The molecular formula is C13H20ClN3O2. The molecule has 5 nitrogen and oxygen atoms in total. The van der Waals surface area contributed by atoms with E-state index < -0.39 is 0 Å². The molecule has 0 heterocycles. The van der Waals surface area contributed by atoms with Gasteiger partial charge in [0.25, 0.3) is 0 Å². The van der Waals surface area contributed by atoms with E-state index in [-0.39, 0.29) is 37.3 Å². The second-order valence-corrected chi connectivity index (χ2v) is 4.02. The summed E-state index contributed by atoms with van der Waals surface area (Å²) >= 11 is 0. The largest absolute Gasteiger partial charge is 0.346 e. The Morgan fingerprint density at radius 1 is 1.26 bits per heavy atom. The maximum absolute atomic E-state index is 11.6. The Bertz CT molecular complexity index is 450. The van der Waals surface area contributed by atoms with Gasteiger partial charge in [-0.1, -0.05) is 13.0 Å². The standard InChI is InChI=1S/C13H19N3O2.ClH/c1-3-10-6-11(5-4-9(10)2)16-13(18)8-15-12(17)7-14;/h4-6H,3,7-8,14H2,1-2H3,(H,15,17)(H,16,18);1H. The van der Waals surface area contributed by atoms with Crippen LogP contribution in [-0.2, 0) is 16.0 Å². The molecule has 2 amide bonds. The Kier molecular flexibility index (Phi) is 7.79. The molecule has 1 aromatic carbocycles. The van der Waals surface area contributed by atoms with Crippen molar-refractivity contribution in [2.75, 3.05) is 18.4 Å². The maximum Gasteiger partial charge on any atom is 0.243 e. The molecule has 106 valence electrons. The quantitative estimate of drug-likeness (QED) is 0.754. The first-order chi connectivity index (χ1) is 8.56. The molecule has 0 unspecified atom stereocenters. The van der Waals surface area contributed by atoms with E-state index in [9.17, 15) is 9.59 Å². The number of amides is 2. The van der Waals surface area contributed by atoms with Gasteiger partial charge in [0, 0.05) is 5.69 Å². The monoisotopic (exact) mass is 285 g/mol. The SMILES string of the molecule is CCc1cc(NC(=O)CNC(=O)CN)ccc1C.Cl. The minimum atomic E-state index is -0.344. The number of benzene rings is 1. The number of nitrogens with two attached hydrogens (primary N) is 1. The predicted octanol–water partition coefficient (Wildman–Crippen LogP) is 0.993. The fourth-order valence-corrected chi connectivity index (χ4v) is 1.59. The lowest BCUT2D eigenvalue weighted by atomic mass is 10.1. The highest BCUT2D eigenvalue weighted by molar-refractivity contribution is 5.94. The van der Waals surface area contributed by atoms with Gasteiger partial charge in [-0.05, 0) is 36.6 Å². The molecule has 1 aromatic rings. The summed E-state index contributed by atoms with van der Waals surface area (Å²) in [6.45, 7) is 3.92. The number of hydrogen-bond donors (Lipinski definition) is 3. The summed E-state index contributed by atoms with van der Waals surface area (Å²) < 4.78 is 0. The lowest BCUT2D eigenvalue weighted by Gasteiger charge is -2.09. The summed E-state index contributed by atoms with van der Waals surface area (Å²) in [5, 5.41) is 5.15. The molecule has 0 radical (unpaired) electrons. The highest BCUT2D eigenvalue weighted by Gasteiger charge is 2.05. The molecule has 0 spiro atoms. The van der Waals surface area contributed by atoms with Crippen LogP contribution in [0.4, 0.5) is 5.69 Å². The molecule has 0 aliphatic carbocycles. The highest BCUT2D eigenvalue weighted by Crippen LogP contribution is 2.15. The molecule has 0 saturated heterocycles. The third kappa shape index (κ3) is 5.72. The van der Waals surface area contributed by atoms with Gasteiger partial charge in [0.2, 0.25) is 11.8 Å². The first-order valence-corrected chi connectivity index (χ1v) is 5.93. The van der Waals surface area contributed by atoms with Crippen LogP contribution in [0.3, 0.4) is 0 Å². The van der Waals surface area contributed by atoms with Crippen LogP contribution in [0.5, 0.6) is 0 Å². The molecule has 4 N–H and O–H groups in total. The lowest BCUT2D eigenvalue weighted by Crippen LogP contribution is -2.36. The Labute approximate surface area is 119 Å². The van der Waals surface area contributed by atoms with Crippen molar-refractivity contribution in [2.45, 2.75) is 20.3 Å². The summed E-state index contributed by atoms with van der Waals surface area (Å²) in [7, 11) is 0. The van der Waals surface area contributed by atoms with E-state index in [0.29, 0.717) is 0 Å². The predicted molar refractivity (Wildman–Crippen MR) is 78.5 cm³/mol. The third-order valence-corrected chi connectivity index (χ3v) is 2.65. The fourth-order valence-electron chi connectivity index (χ4n) is 1.59. The highest BCUT2D eigenvalue weighted by atomic mass is 35.5. The van der Waals surface area contributed by atoms with Crippen molar-refractivity contribution in [1.29, 1.82) is 0 Å². The molecule has 19 heavy (non-hydrogen) atoms. The van der Waals surface area contributed by atoms with Gasteiger partial charge in [0.15, 0.2) is 0 Å². The summed E-state index contributed by atoms with van der Waals surface area (Å²) in [4.78, 5) is 22.4. The second-order valence-electron chi connectivity index (χ2n) is 4.02. The van der Waals surface area contributed by atoms with Crippen LogP contribution in [0.15, 0.2) is 18.2 Å². The minimum absolute atomic E-state index is 0. The number of rotatable bonds is 5. The van der Waals surface area contributed by atoms with Crippen LogP contribution in [0, 0.1) is 6.92 Å². The lowest BCUT2D eigenvalue weighted by molar-refractivity contribution is -0.123. The number of hydrogen-bond acceptors (Lipinski definition) is 3. The zero-order valence-electron chi connectivity index (χ0n) is 11.2.